The van der Waals surface area contributed by atoms with Crippen LogP contribution in [0.25, 0.3) is 5.57 Å². The van der Waals surface area contributed by atoms with Crippen molar-refractivity contribution in [2.75, 3.05) is 10.2 Å². The van der Waals surface area contributed by atoms with E-state index in [1.165, 1.54) is 24.3 Å². The van der Waals surface area contributed by atoms with E-state index in [1.807, 2.05) is 51.1 Å². The molecule has 0 aromatic heterocycles. The van der Waals surface area contributed by atoms with Crippen LogP contribution in [0.2, 0.25) is 0 Å². The van der Waals surface area contributed by atoms with E-state index in [0.717, 1.165) is 21.6 Å². The number of rotatable bonds is 5. The first-order valence-electron chi connectivity index (χ1n) is 10.1. The van der Waals surface area contributed by atoms with Crippen molar-refractivity contribution in [2.45, 2.75) is 20.8 Å². The van der Waals surface area contributed by atoms with Crippen molar-refractivity contribution in [1.82, 2.24) is 0 Å². The zero-order valence-electron chi connectivity index (χ0n) is 17.9. The van der Waals surface area contributed by atoms with Gasteiger partial charge in [-0.2, -0.15) is 0 Å². The summed E-state index contributed by atoms with van der Waals surface area (Å²) >= 11 is 0. The minimum absolute atomic E-state index is 0.0921. The molecule has 1 aliphatic heterocycles. The Kier molecular flexibility index (Phi) is 5.32. The molecule has 0 radical (unpaired) electrons. The Hall–Kier alpha value is -4.26. The highest BCUT2D eigenvalue weighted by molar-refractivity contribution is 6.46. The summed E-state index contributed by atoms with van der Waals surface area (Å²) in [6.45, 7) is 5.79. The third-order valence-corrected chi connectivity index (χ3v) is 5.58. The number of carbonyl (C=O) groups excluding carboxylic acids is 2. The van der Waals surface area contributed by atoms with Gasteiger partial charge in [-0.25, -0.2) is 4.90 Å². The van der Waals surface area contributed by atoms with Gasteiger partial charge in [0.15, 0.2) is 0 Å². The number of benzene rings is 3. The van der Waals surface area contributed by atoms with Crippen LogP contribution in [0.3, 0.4) is 0 Å². The number of para-hydroxylation sites is 1. The van der Waals surface area contributed by atoms with Crippen LogP contribution in [0.5, 0.6) is 0 Å². The first-order valence-corrected chi connectivity index (χ1v) is 10.1. The molecule has 3 aromatic carbocycles. The Labute approximate surface area is 185 Å². The van der Waals surface area contributed by atoms with Crippen LogP contribution in [-0.2, 0) is 9.59 Å². The lowest BCUT2D eigenvalue weighted by atomic mass is 10.0. The fraction of sp³-hybridized carbons (Fsp3) is 0.120. The maximum absolute atomic E-state index is 13.5. The van der Waals surface area contributed by atoms with Gasteiger partial charge in [-0.1, -0.05) is 24.3 Å². The molecule has 0 bridgehead atoms. The molecule has 0 atom stereocenters. The molecular weight excluding hydrogens is 406 g/mol. The molecule has 1 heterocycles. The topological polar surface area (TPSA) is 92.6 Å². The number of aryl methyl sites for hydroxylation is 3. The summed E-state index contributed by atoms with van der Waals surface area (Å²) in [5.74, 6) is -0.958. The van der Waals surface area contributed by atoms with Crippen molar-refractivity contribution in [3.63, 3.8) is 0 Å². The van der Waals surface area contributed by atoms with Crippen LogP contribution < -0.4 is 10.2 Å². The zero-order valence-corrected chi connectivity index (χ0v) is 17.9. The monoisotopic (exact) mass is 427 g/mol. The number of imide groups is 1. The maximum Gasteiger partial charge on any atom is 0.282 e. The molecule has 2 amide bonds. The van der Waals surface area contributed by atoms with Gasteiger partial charge in [-0.3, -0.25) is 19.7 Å². The predicted octanol–water partition coefficient (Wildman–Crippen LogP) is 4.92. The number of nitrogens with one attached hydrogen (secondary N) is 1. The van der Waals surface area contributed by atoms with Crippen LogP contribution in [0.1, 0.15) is 22.3 Å². The number of nitrogens with zero attached hydrogens (tertiary/aromatic N) is 2. The number of nitro benzene ring substituents is 1. The van der Waals surface area contributed by atoms with Crippen molar-refractivity contribution < 1.29 is 14.5 Å². The Morgan fingerprint density at radius 3 is 2.12 bits per heavy atom. The fourth-order valence-corrected chi connectivity index (χ4v) is 3.66. The first-order chi connectivity index (χ1) is 15.3. The van der Waals surface area contributed by atoms with Crippen LogP contribution in [0.4, 0.5) is 17.1 Å². The fourth-order valence-electron chi connectivity index (χ4n) is 3.66. The Morgan fingerprint density at radius 2 is 1.50 bits per heavy atom. The van der Waals surface area contributed by atoms with E-state index in [1.54, 1.807) is 12.1 Å². The minimum Gasteiger partial charge on any atom is -0.350 e. The second-order valence-corrected chi connectivity index (χ2v) is 7.71. The number of hydrogen-bond donors (Lipinski definition) is 1. The number of carbonyl (C=O) groups is 2. The van der Waals surface area contributed by atoms with E-state index in [9.17, 15) is 19.7 Å². The van der Waals surface area contributed by atoms with E-state index in [-0.39, 0.29) is 17.0 Å². The van der Waals surface area contributed by atoms with Crippen LogP contribution in [0, 0.1) is 30.9 Å². The van der Waals surface area contributed by atoms with E-state index in [0.29, 0.717) is 16.9 Å². The molecule has 4 rings (SSSR count). The van der Waals surface area contributed by atoms with Crippen LogP contribution in [0.15, 0.2) is 72.4 Å². The summed E-state index contributed by atoms with van der Waals surface area (Å²) < 4.78 is 0. The molecular formula is C25H21N3O4. The molecule has 1 N–H and O–H groups in total. The molecule has 160 valence electrons. The van der Waals surface area contributed by atoms with Gasteiger partial charge in [-0.15, -0.1) is 0 Å². The number of non-ortho nitro benzene ring substituents is 1. The van der Waals surface area contributed by atoms with E-state index in [4.69, 9.17) is 0 Å². The summed E-state index contributed by atoms with van der Waals surface area (Å²) in [7, 11) is 0. The molecule has 7 nitrogen and oxygen atoms in total. The predicted molar refractivity (Wildman–Crippen MR) is 123 cm³/mol. The highest BCUT2D eigenvalue weighted by Gasteiger charge is 2.40. The third-order valence-electron chi connectivity index (χ3n) is 5.58. The van der Waals surface area contributed by atoms with Crippen molar-refractivity contribution in [3.05, 3.63) is 105 Å². The zero-order chi connectivity index (χ0) is 23.0. The number of amides is 2. The molecule has 0 spiro atoms. The van der Waals surface area contributed by atoms with Gasteiger partial charge in [0.1, 0.15) is 5.70 Å². The number of nitro groups is 1. The smallest absolute Gasteiger partial charge is 0.282 e. The molecule has 32 heavy (non-hydrogen) atoms. The second kappa shape index (κ2) is 8.11. The molecule has 3 aromatic rings. The standard InChI is InChI=1S/C25H21N3O4/c1-15-8-11-19(14-17(15)3)26-23-22(18-9-12-20(13-10-18)28(31)32)24(29)27(25(23)30)21-7-5-4-6-16(21)2/h4-14,26H,1-3H3. The highest BCUT2D eigenvalue weighted by Crippen LogP contribution is 2.35. The Bertz CT molecular complexity index is 1290. The SMILES string of the molecule is Cc1ccc(NC2=C(c3ccc([N+](=O)[O-])cc3)C(=O)N(c3ccccc3C)C2=O)cc1C. The lowest BCUT2D eigenvalue weighted by Crippen LogP contribution is -2.33. The highest BCUT2D eigenvalue weighted by atomic mass is 16.6. The third kappa shape index (κ3) is 3.65. The van der Waals surface area contributed by atoms with Gasteiger partial charge in [-0.05, 0) is 73.4 Å². The average Bonchev–Trinajstić information content (AvgIpc) is 3.01. The van der Waals surface area contributed by atoms with Gasteiger partial charge in [0.2, 0.25) is 0 Å². The quantitative estimate of drug-likeness (QED) is 0.355. The molecule has 0 fully saturated rings. The minimum atomic E-state index is -0.506. The maximum atomic E-state index is 13.5. The van der Waals surface area contributed by atoms with Gasteiger partial charge in [0.25, 0.3) is 17.5 Å². The molecule has 7 heteroatoms. The molecule has 0 aliphatic carbocycles. The molecule has 1 aliphatic rings. The van der Waals surface area contributed by atoms with Crippen LogP contribution >= 0.6 is 0 Å². The lowest BCUT2D eigenvalue weighted by Gasteiger charge is -2.17. The first kappa shape index (κ1) is 21.0. The second-order valence-electron chi connectivity index (χ2n) is 7.71. The lowest BCUT2D eigenvalue weighted by molar-refractivity contribution is -0.384. The van der Waals surface area contributed by atoms with Crippen molar-refractivity contribution in [1.29, 1.82) is 0 Å². The van der Waals surface area contributed by atoms with E-state index >= 15 is 0 Å². The summed E-state index contributed by atoms with van der Waals surface area (Å²) in [5.41, 5.74) is 4.75. The summed E-state index contributed by atoms with van der Waals surface area (Å²) in [4.78, 5) is 38.6. The molecule has 0 saturated carbocycles. The van der Waals surface area contributed by atoms with Gasteiger partial charge >= 0.3 is 0 Å². The van der Waals surface area contributed by atoms with Gasteiger partial charge in [0, 0.05) is 17.8 Å². The van der Waals surface area contributed by atoms with Crippen molar-refractivity contribution >= 4 is 34.4 Å². The average molecular weight is 427 g/mol. The largest absolute Gasteiger partial charge is 0.350 e. The summed E-state index contributed by atoms with van der Waals surface area (Å²) in [5, 5.41) is 14.2. The van der Waals surface area contributed by atoms with Crippen LogP contribution in [-0.4, -0.2) is 16.7 Å². The normalized spacial score (nSPS) is 13.7. The number of anilines is 2. The molecule has 0 saturated heterocycles. The van der Waals surface area contributed by atoms with E-state index < -0.39 is 16.7 Å². The summed E-state index contributed by atoms with van der Waals surface area (Å²) in [6.07, 6.45) is 0. The summed E-state index contributed by atoms with van der Waals surface area (Å²) in [6, 6.07) is 18.5. The number of hydrogen-bond acceptors (Lipinski definition) is 5. The van der Waals surface area contributed by atoms with Gasteiger partial charge in [0.05, 0.1) is 16.2 Å². The van der Waals surface area contributed by atoms with Crippen molar-refractivity contribution in [3.8, 4) is 0 Å². The van der Waals surface area contributed by atoms with E-state index in [2.05, 4.69) is 5.32 Å². The van der Waals surface area contributed by atoms with Crippen molar-refractivity contribution in [2.24, 2.45) is 0 Å². The Balaban J connectivity index is 1.84. The van der Waals surface area contributed by atoms with Gasteiger partial charge < -0.3 is 5.32 Å². The Morgan fingerprint density at radius 1 is 0.812 bits per heavy atom. The molecule has 0 unspecified atom stereocenters.